The highest BCUT2D eigenvalue weighted by molar-refractivity contribution is 5.90. The SMILES string of the molecule is CC=C1[C@@H](O[C@H]2O[C@H](CO)[C@@H](O)[C@H](O)[C@H]2O)OC=C(C(=O)OC)[C@@H]1CC(=O)OCCc1ccc(O)c(O)c1. The van der Waals surface area contributed by atoms with Crippen LogP contribution in [0.2, 0.25) is 0 Å². The first kappa shape index (κ1) is 29.4. The summed E-state index contributed by atoms with van der Waals surface area (Å²) < 4.78 is 26.7. The van der Waals surface area contributed by atoms with Gasteiger partial charge >= 0.3 is 11.9 Å². The molecule has 1 fully saturated rings. The van der Waals surface area contributed by atoms with Gasteiger partial charge in [-0.15, -0.1) is 0 Å². The summed E-state index contributed by atoms with van der Waals surface area (Å²) in [5.74, 6) is -2.89. The van der Waals surface area contributed by atoms with Crippen molar-refractivity contribution >= 4 is 11.9 Å². The zero-order valence-electron chi connectivity index (χ0n) is 20.8. The van der Waals surface area contributed by atoms with E-state index in [0.29, 0.717) is 11.1 Å². The van der Waals surface area contributed by atoms with E-state index in [1.54, 1.807) is 19.1 Å². The number of rotatable bonds is 9. The van der Waals surface area contributed by atoms with E-state index >= 15 is 0 Å². The van der Waals surface area contributed by atoms with Crippen molar-refractivity contribution < 1.29 is 63.9 Å². The number of phenolic OH excluding ortho intramolecular Hbond substituents is 2. The van der Waals surface area contributed by atoms with Crippen LogP contribution in [0.25, 0.3) is 0 Å². The summed E-state index contributed by atoms with van der Waals surface area (Å²) in [6, 6.07) is 4.23. The Labute approximate surface area is 218 Å². The molecule has 6 N–H and O–H groups in total. The van der Waals surface area contributed by atoms with Crippen LogP contribution in [0.4, 0.5) is 0 Å². The molecule has 0 radical (unpaired) electrons. The number of allylic oxidation sites excluding steroid dienone is 1. The predicted octanol–water partition coefficient (Wildman–Crippen LogP) is -0.634. The van der Waals surface area contributed by atoms with Crippen molar-refractivity contribution in [3.05, 3.63) is 47.2 Å². The Morgan fingerprint density at radius 1 is 1.08 bits per heavy atom. The Morgan fingerprint density at radius 3 is 2.45 bits per heavy atom. The molecule has 38 heavy (non-hydrogen) atoms. The number of ether oxygens (including phenoxy) is 5. The van der Waals surface area contributed by atoms with Gasteiger partial charge in [0.05, 0.1) is 38.6 Å². The number of esters is 2. The molecule has 0 spiro atoms. The van der Waals surface area contributed by atoms with Gasteiger partial charge in [0.1, 0.15) is 24.4 Å². The number of phenols is 2. The first-order valence-electron chi connectivity index (χ1n) is 11.8. The van der Waals surface area contributed by atoms with Crippen LogP contribution in [-0.2, 0) is 39.7 Å². The summed E-state index contributed by atoms with van der Waals surface area (Å²) in [7, 11) is 1.16. The van der Waals surface area contributed by atoms with E-state index in [4.69, 9.17) is 23.7 Å². The lowest BCUT2D eigenvalue weighted by Crippen LogP contribution is -2.60. The largest absolute Gasteiger partial charge is 0.504 e. The van der Waals surface area contributed by atoms with Crippen LogP contribution >= 0.6 is 0 Å². The van der Waals surface area contributed by atoms with E-state index in [9.17, 15) is 40.2 Å². The topological polar surface area (TPSA) is 202 Å². The van der Waals surface area contributed by atoms with Gasteiger partial charge in [-0.05, 0) is 24.6 Å². The van der Waals surface area contributed by atoms with Crippen molar-refractivity contribution in [1.29, 1.82) is 0 Å². The Hall–Kier alpha value is -3.20. The maximum absolute atomic E-state index is 12.7. The molecule has 13 heteroatoms. The molecule has 0 bridgehead atoms. The van der Waals surface area contributed by atoms with Crippen molar-refractivity contribution in [2.45, 2.75) is 56.8 Å². The second-order valence-electron chi connectivity index (χ2n) is 8.71. The summed E-state index contributed by atoms with van der Waals surface area (Å²) >= 11 is 0. The fraction of sp³-hybridized carbons (Fsp3) is 0.520. The molecule has 1 aromatic rings. The molecule has 0 amide bonds. The average Bonchev–Trinajstić information content (AvgIpc) is 2.90. The van der Waals surface area contributed by atoms with Gasteiger partial charge in [0.25, 0.3) is 0 Å². The fourth-order valence-corrected chi connectivity index (χ4v) is 4.16. The molecule has 0 aliphatic carbocycles. The van der Waals surface area contributed by atoms with Crippen LogP contribution in [0.1, 0.15) is 18.9 Å². The highest BCUT2D eigenvalue weighted by Gasteiger charge is 2.46. The highest BCUT2D eigenvalue weighted by atomic mass is 16.8. The molecule has 0 saturated carbocycles. The predicted molar refractivity (Wildman–Crippen MR) is 126 cm³/mol. The van der Waals surface area contributed by atoms with Gasteiger partial charge < -0.3 is 54.3 Å². The number of aliphatic hydroxyl groups excluding tert-OH is 4. The molecule has 0 unspecified atom stereocenters. The minimum atomic E-state index is -1.69. The van der Waals surface area contributed by atoms with Gasteiger partial charge in [0, 0.05) is 17.9 Å². The normalized spacial score (nSPS) is 30.3. The molecule has 3 rings (SSSR count). The van der Waals surface area contributed by atoms with E-state index in [1.807, 2.05) is 0 Å². The summed E-state index contributed by atoms with van der Waals surface area (Å²) in [4.78, 5) is 25.1. The third-order valence-corrected chi connectivity index (χ3v) is 6.29. The summed E-state index contributed by atoms with van der Waals surface area (Å²) in [6.07, 6.45) is -6.39. The smallest absolute Gasteiger partial charge is 0.337 e. The maximum Gasteiger partial charge on any atom is 0.337 e. The van der Waals surface area contributed by atoms with Crippen molar-refractivity contribution in [1.82, 2.24) is 0 Å². The molecular weight excluding hydrogens is 508 g/mol. The number of benzene rings is 1. The minimum absolute atomic E-state index is 0.00894. The zero-order valence-corrected chi connectivity index (χ0v) is 20.8. The third-order valence-electron chi connectivity index (χ3n) is 6.29. The van der Waals surface area contributed by atoms with Crippen molar-refractivity contribution in [3.63, 3.8) is 0 Å². The van der Waals surface area contributed by atoms with Crippen LogP contribution in [0.15, 0.2) is 41.7 Å². The standard InChI is InChI=1S/C25H32O13/c1-3-13-14(9-19(29)35-7-6-12-4-5-16(27)17(28)8-12)15(23(33)34-2)11-36-24(13)38-25-22(32)21(31)20(30)18(10-26)37-25/h3-5,8,11,14,18,20-22,24-28,30-32H,6-7,9-10H2,1-2H3/t14-,18-,20-,21+,22-,24-,25-/m1/s1. The number of hydrogen-bond donors (Lipinski definition) is 6. The molecule has 2 heterocycles. The Bertz CT molecular complexity index is 1050. The first-order chi connectivity index (χ1) is 18.1. The second-order valence-corrected chi connectivity index (χ2v) is 8.71. The zero-order chi connectivity index (χ0) is 28.0. The van der Waals surface area contributed by atoms with E-state index in [0.717, 1.165) is 13.4 Å². The molecular formula is C25H32O13. The first-order valence-corrected chi connectivity index (χ1v) is 11.8. The van der Waals surface area contributed by atoms with Crippen LogP contribution in [0, 0.1) is 5.92 Å². The number of aromatic hydroxyl groups is 2. The van der Waals surface area contributed by atoms with Crippen molar-refractivity contribution in [3.8, 4) is 11.5 Å². The van der Waals surface area contributed by atoms with E-state index < -0.39 is 61.5 Å². The second kappa shape index (κ2) is 13.0. The van der Waals surface area contributed by atoms with Gasteiger partial charge in [0.15, 0.2) is 17.8 Å². The van der Waals surface area contributed by atoms with E-state index in [2.05, 4.69) is 0 Å². The third kappa shape index (κ3) is 6.62. The highest BCUT2D eigenvalue weighted by Crippen LogP contribution is 2.36. The van der Waals surface area contributed by atoms with Gasteiger partial charge in [-0.1, -0.05) is 12.1 Å². The molecule has 7 atom stereocenters. The number of hydrogen-bond acceptors (Lipinski definition) is 13. The molecule has 13 nitrogen and oxygen atoms in total. The lowest BCUT2D eigenvalue weighted by Gasteiger charge is -2.41. The van der Waals surface area contributed by atoms with E-state index in [1.165, 1.54) is 12.1 Å². The molecule has 1 saturated heterocycles. The number of methoxy groups -OCH3 is 1. The van der Waals surface area contributed by atoms with Crippen LogP contribution in [-0.4, -0.2) is 99.9 Å². The maximum atomic E-state index is 12.7. The summed E-state index contributed by atoms with van der Waals surface area (Å²) in [5.41, 5.74) is 0.927. The van der Waals surface area contributed by atoms with Crippen LogP contribution < -0.4 is 0 Å². The van der Waals surface area contributed by atoms with Crippen molar-refractivity contribution in [2.24, 2.45) is 5.92 Å². The number of carbonyl (C=O) groups is 2. The molecule has 0 aromatic heterocycles. The number of carbonyl (C=O) groups excluding carboxylic acids is 2. The van der Waals surface area contributed by atoms with Crippen LogP contribution in [0.5, 0.6) is 11.5 Å². The lowest BCUT2D eigenvalue weighted by atomic mass is 9.86. The van der Waals surface area contributed by atoms with E-state index in [-0.39, 0.29) is 36.5 Å². The monoisotopic (exact) mass is 540 g/mol. The van der Waals surface area contributed by atoms with Gasteiger partial charge in [-0.2, -0.15) is 0 Å². The Morgan fingerprint density at radius 2 is 1.82 bits per heavy atom. The van der Waals surface area contributed by atoms with Gasteiger partial charge in [0.2, 0.25) is 6.29 Å². The average molecular weight is 541 g/mol. The number of aliphatic hydroxyl groups is 4. The lowest BCUT2D eigenvalue weighted by molar-refractivity contribution is -0.327. The van der Waals surface area contributed by atoms with Crippen LogP contribution in [0.3, 0.4) is 0 Å². The molecule has 210 valence electrons. The summed E-state index contributed by atoms with van der Waals surface area (Å²) in [5, 5.41) is 58.8. The Kier molecular flexibility index (Phi) is 10.1. The van der Waals surface area contributed by atoms with Crippen molar-refractivity contribution in [2.75, 3.05) is 20.3 Å². The van der Waals surface area contributed by atoms with Gasteiger partial charge in [-0.25, -0.2) is 4.79 Å². The molecule has 2 aliphatic rings. The molecule has 1 aromatic carbocycles. The fourth-order valence-electron chi connectivity index (χ4n) is 4.16. The summed E-state index contributed by atoms with van der Waals surface area (Å²) in [6.45, 7) is 0.912. The molecule has 2 aliphatic heterocycles. The quantitative estimate of drug-likeness (QED) is 0.131. The van der Waals surface area contributed by atoms with Gasteiger partial charge in [-0.3, -0.25) is 4.79 Å². The minimum Gasteiger partial charge on any atom is -0.504 e. The Balaban J connectivity index is 1.71.